The number of rotatable bonds is 3. The van der Waals surface area contributed by atoms with E-state index in [0.29, 0.717) is 11.5 Å². The van der Waals surface area contributed by atoms with Gasteiger partial charge < -0.3 is 10.6 Å². The van der Waals surface area contributed by atoms with Crippen LogP contribution in [0.4, 0.5) is 0 Å². The number of likely N-dealkylation sites (tertiary alicyclic amines) is 1. The summed E-state index contributed by atoms with van der Waals surface area (Å²) in [6.45, 7) is 13.4. The van der Waals surface area contributed by atoms with Crippen molar-refractivity contribution in [1.29, 1.82) is 0 Å². The SMILES string of the molecule is CC(C)C1CCC(N)C(CN2CCC(C)(C)CC2)C1. The number of hydrogen-bond donors (Lipinski definition) is 1. The van der Waals surface area contributed by atoms with Crippen LogP contribution in [0.5, 0.6) is 0 Å². The van der Waals surface area contributed by atoms with E-state index in [-0.39, 0.29) is 0 Å². The summed E-state index contributed by atoms with van der Waals surface area (Å²) in [5, 5.41) is 0. The second kappa shape index (κ2) is 6.13. The molecule has 2 heteroatoms. The fourth-order valence-electron chi connectivity index (χ4n) is 3.81. The van der Waals surface area contributed by atoms with Gasteiger partial charge in [-0.15, -0.1) is 0 Å². The first-order valence-electron chi connectivity index (χ1n) is 8.35. The average molecular weight is 266 g/mol. The van der Waals surface area contributed by atoms with Crippen LogP contribution in [0, 0.1) is 23.2 Å². The van der Waals surface area contributed by atoms with Crippen LogP contribution in [0.25, 0.3) is 0 Å². The number of hydrogen-bond acceptors (Lipinski definition) is 2. The van der Waals surface area contributed by atoms with Crippen LogP contribution >= 0.6 is 0 Å². The monoisotopic (exact) mass is 266 g/mol. The molecule has 2 fully saturated rings. The Bertz CT molecular complexity index is 275. The molecule has 1 saturated carbocycles. The molecule has 0 aromatic heterocycles. The first kappa shape index (κ1) is 15.3. The first-order chi connectivity index (χ1) is 8.87. The van der Waals surface area contributed by atoms with Gasteiger partial charge in [0, 0.05) is 12.6 Å². The summed E-state index contributed by atoms with van der Waals surface area (Å²) in [5.41, 5.74) is 6.95. The molecule has 0 amide bonds. The molecule has 0 bridgehead atoms. The van der Waals surface area contributed by atoms with E-state index < -0.39 is 0 Å². The van der Waals surface area contributed by atoms with Crippen LogP contribution in [0.3, 0.4) is 0 Å². The quantitative estimate of drug-likeness (QED) is 0.847. The van der Waals surface area contributed by atoms with Gasteiger partial charge in [0.1, 0.15) is 0 Å². The summed E-state index contributed by atoms with van der Waals surface area (Å²) < 4.78 is 0. The normalized spacial score (nSPS) is 36.6. The number of piperidine rings is 1. The molecule has 0 aromatic carbocycles. The molecule has 3 unspecified atom stereocenters. The van der Waals surface area contributed by atoms with Crippen molar-refractivity contribution in [3.8, 4) is 0 Å². The molecule has 3 atom stereocenters. The van der Waals surface area contributed by atoms with E-state index in [1.807, 2.05) is 0 Å². The summed E-state index contributed by atoms with van der Waals surface area (Å²) in [5.74, 6) is 2.48. The van der Waals surface area contributed by atoms with E-state index >= 15 is 0 Å². The Morgan fingerprint density at radius 1 is 1.16 bits per heavy atom. The number of nitrogens with zero attached hydrogens (tertiary/aromatic N) is 1. The Morgan fingerprint density at radius 2 is 1.79 bits per heavy atom. The summed E-state index contributed by atoms with van der Waals surface area (Å²) in [6.07, 6.45) is 6.65. The lowest BCUT2D eigenvalue weighted by Crippen LogP contribution is -2.46. The van der Waals surface area contributed by atoms with E-state index in [4.69, 9.17) is 5.73 Å². The van der Waals surface area contributed by atoms with Gasteiger partial charge >= 0.3 is 0 Å². The van der Waals surface area contributed by atoms with Gasteiger partial charge in [0.05, 0.1) is 0 Å². The lowest BCUT2D eigenvalue weighted by Gasteiger charge is -2.42. The van der Waals surface area contributed by atoms with Gasteiger partial charge in [0.25, 0.3) is 0 Å². The van der Waals surface area contributed by atoms with E-state index in [1.165, 1.54) is 51.7 Å². The molecule has 0 radical (unpaired) electrons. The minimum absolute atomic E-state index is 0.449. The number of nitrogens with two attached hydrogens (primary N) is 1. The van der Waals surface area contributed by atoms with Gasteiger partial charge in [-0.25, -0.2) is 0 Å². The fraction of sp³-hybridized carbons (Fsp3) is 1.00. The van der Waals surface area contributed by atoms with Crippen molar-refractivity contribution in [3.05, 3.63) is 0 Å². The molecule has 2 nitrogen and oxygen atoms in total. The molecule has 112 valence electrons. The molecular formula is C17H34N2. The molecule has 1 aliphatic heterocycles. The van der Waals surface area contributed by atoms with Crippen molar-refractivity contribution < 1.29 is 0 Å². The molecule has 1 aliphatic carbocycles. The van der Waals surface area contributed by atoms with E-state index in [0.717, 1.165) is 17.8 Å². The maximum absolute atomic E-state index is 6.39. The van der Waals surface area contributed by atoms with Crippen molar-refractivity contribution in [2.45, 2.75) is 65.8 Å². The third-order valence-corrected chi connectivity index (χ3v) is 5.73. The van der Waals surface area contributed by atoms with Crippen molar-refractivity contribution >= 4 is 0 Å². The molecule has 19 heavy (non-hydrogen) atoms. The third kappa shape index (κ3) is 4.19. The molecule has 2 rings (SSSR count). The molecule has 2 aliphatic rings. The summed E-state index contributed by atoms with van der Waals surface area (Å²) in [6, 6.07) is 0.449. The summed E-state index contributed by atoms with van der Waals surface area (Å²) >= 11 is 0. The Kier molecular flexibility index (Phi) is 4.94. The Labute approximate surface area is 120 Å². The third-order valence-electron chi connectivity index (χ3n) is 5.73. The van der Waals surface area contributed by atoms with Crippen molar-refractivity contribution in [3.63, 3.8) is 0 Å². The lowest BCUT2D eigenvalue weighted by molar-refractivity contribution is 0.0872. The van der Waals surface area contributed by atoms with Crippen LogP contribution in [0.2, 0.25) is 0 Å². The van der Waals surface area contributed by atoms with Gasteiger partial charge in [-0.2, -0.15) is 0 Å². The van der Waals surface area contributed by atoms with Crippen LogP contribution in [0.1, 0.15) is 59.8 Å². The van der Waals surface area contributed by atoms with Crippen molar-refractivity contribution in [2.24, 2.45) is 28.9 Å². The topological polar surface area (TPSA) is 29.3 Å². The lowest BCUT2D eigenvalue weighted by atomic mass is 9.73. The minimum atomic E-state index is 0.449. The highest BCUT2D eigenvalue weighted by atomic mass is 15.1. The van der Waals surface area contributed by atoms with Crippen LogP contribution < -0.4 is 5.73 Å². The maximum Gasteiger partial charge on any atom is 0.00795 e. The Morgan fingerprint density at radius 3 is 2.37 bits per heavy atom. The van der Waals surface area contributed by atoms with E-state index in [1.54, 1.807) is 0 Å². The largest absolute Gasteiger partial charge is 0.327 e. The minimum Gasteiger partial charge on any atom is -0.327 e. The zero-order valence-electron chi connectivity index (χ0n) is 13.5. The molecule has 2 N–H and O–H groups in total. The first-order valence-corrected chi connectivity index (χ1v) is 8.35. The second-order valence-corrected chi connectivity index (χ2v) is 8.21. The molecule has 0 spiro atoms. The zero-order chi connectivity index (χ0) is 14.0. The Hall–Kier alpha value is -0.0800. The smallest absolute Gasteiger partial charge is 0.00795 e. The van der Waals surface area contributed by atoms with Crippen LogP contribution in [-0.2, 0) is 0 Å². The van der Waals surface area contributed by atoms with Crippen LogP contribution in [0.15, 0.2) is 0 Å². The van der Waals surface area contributed by atoms with Crippen molar-refractivity contribution in [2.75, 3.05) is 19.6 Å². The average Bonchev–Trinajstić information content (AvgIpc) is 2.34. The molecular weight excluding hydrogens is 232 g/mol. The zero-order valence-corrected chi connectivity index (χ0v) is 13.5. The van der Waals surface area contributed by atoms with Crippen LogP contribution in [-0.4, -0.2) is 30.6 Å². The second-order valence-electron chi connectivity index (χ2n) is 8.21. The van der Waals surface area contributed by atoms with Gasteiger partial charge in [0.2, 0.25) is 0 Å². The molecule has 1 saturated heterocycles. The molecule has 0 aromatic rings. The van der Waals surface area contributed by atoms with E-state index in [2.05, 4.69) is 32.6 Å². The van der Waals surface area contributed by atoms with Gasteiger partial charge in [-0.3, -0.25) is 0 Å². The van der Waals surface area contributed by atoms with Gasteiger partial charge in [-0.1, -0.05) is 27.7 Å². The molecule has 1 heterocycles. The summed E-state index contributed by atoms with van der Waals surface area (Å²) in [4.78, 5) is 2.68. The highest BCUT2D eigenvalue weighted by molar-refractivity contribution is 4.87. The van der Waals surface area contributed by atoms with E-state index in [9.17, 15) is 0 Å². The standard InChI is InChI=1S/C17H34N2/c1-13(2)14-5-6-16(18)15(11-14)12-19-9-7-17(3,4)8-10-19/h13-16H,5-12,18H2,1-4H3. The predicted octanol–water partition coefficient (Wildman–Crippen LogP) is 3.51. The highest BCUT2D eigenvalue weighted by Crippen LogP contribution is 2.35. The van der Waals surface area contributed by atoms with Crippen molar-refractivity contribution in [1.82, 2.24) is 4.90 Å². The Balaban J connectivity index is 1.84. The van der Waals surface area contributed by atoms with Gasteiger partial charge in [0.15, 0.2) is 0 Å². The fourth-order valence-corrected chi connectivity index (χ4v) is 3.81. The summed E-state index contributed by atoms with van der Waals surface area (Å²) in [7, 11) is 0. The highest BCUT2D eigenvalue weighted by Gasteiger charge is 2.32. The maximum atomic E-state index is 6.39. The predicted molar refractivity (Wildman–Crippen MR) is 83.1 cm³/mol. The van der Waals surface area contributed by atoms with Gasteiger partial charge in [-0.05, 0) is 68.4 Å².